The SMILES string of the molecule is Nc1ccccc1C(=O)Nc1nc(C2CC2)cs1. The fraction of sp³-hybridized carbons (Fsp3) is 0.231. The van der Waals surface area contributed by atoms with Crippen LogP contribution >= 0.6 is 11.3 Å². The second-order valence-corrected chi connectivity index (χ2v) is 5.25. The highest BCUT2D eigenvalue weighted by atomic mass is 32.1. The van der Waals surface area contributed by atoms with Crippen molar-refractivity contribution in [2.45, 2.75) is 18.8 Å². The van der Waals surface area contributed by atoms with E-state index in [1.54, 1.807) is 24.3 Å². The van der Waals surface area contributed by atoms with E-state index < -0.39 is 0 Å². The van der Waals surface area contributed by atoms with Gasteiger partial charge in [0.2, 0.25) is 0 Å². The zero-order chi connectivity index (χ0) is 12.5. The molecule has 92 valence electrons. The maximum Gasteiger partial charge on any atom is 0.259 e. The molecule has 1 saturated carbocycles. The molecule has 1 aliphatic rings. The number of carbonyl (C=O) groups is 1. The number of nitrogens with one attached hydrogen (secondary N) is 1. The number of nitrogens with zero attached hydrogens (tertiary/aromatic N) is 1. The van der Waals surface area contributed by atoms with Gasteiger partial charge < -0.3 is 5.73 Å². The van der Waals surface area contributed by atoms with Crippen LogP contribution in [0.2, 0.25) is 0 Å². The first kappa shape index (κ1) is 11.2. The molecule has 1 aliphatic carbocycles. The van der Waals surface area contributed by atoms with Gasteiger partial charge in [-0.2, -0.15) is 0 Å². The summed E-state index contributed by atoms with van der Waals surface area (Å²) < 4.78 is 0. The van der Waals surface area contributed by atoms with E-state index in [-0.39, 0.29) is 5.91 Å². The number of nitrogen functional groups attached to an aromatic ring is 1. The average Bonchev–Trinajstić information content (AvgIpc) is 3.11. The third kappa shape index (κ3) is 2.22. The Morgan fingerprint density at radius 1 is 1.39 bits per heavy atom. The van der Waals surface area contributed by atoms with Crippen LogP contribution in [0.15, 0.2) is 29.6 Å². The molecule has 4 nitrogen and oxygen atoms in total. The van der Waals surface area contributed by atoms with Gasteiger partial charge in [0, 0.05) is 17.0 Å². The van der Waals surface area contributed by atoms with Gasteiger partial charge in [-0.3, -0.25) is 10.1 Å². The molecule has 0 unspecified atom stereocenters. The largest absolute Gasteiger partial charge is 0.398 e. The van der Waals surface area contributed by atoms with Gasteiger partial charge in [-0.1, -0.05) is 12.1 Å². The molecule has 0 atom stereocenters. The van der Waals surface area contributed by atoms with Crippen LogP contribution in [-0.4, -0.2) is 10.9 Å². The van der Waals surface area contributed by atoms with Crippen molar-refractivity contribution in [1.82, 2.24) is 4.98 Å². The van der Waals surface area contributed by atoms with Gasteiger partial charge in [0.15, 0.2) is 5.13 Å². The van der Waals surface area contributed by atoms with Gasteiger partial charge in [-0.25, -0.2) is 4.98 Å². The Hall–Kier alpha value is -1.88. The second kappa shape index (κ2) is 4.42. The molecule has 5 heteroatoms. The Morgan fingerprint density at radius 2 is 2.17 bits per heavy atom. The predicted molar refractivity (Wildman–Crippen MR) is 72.9 cm³/mol. The summed E-state index contributed by atoms with van der Waals surface area (Å²) in [7, 11) is 0. The maximum atomic E-state index is 12.0. The number of para-hydroxylation sites is 1. The lowest BCUT2D eigenvalue weighted by atomic mass is 10.2. The molecule has 0 spiro atoms. The number of anilines is 2. The van der Waals surface area contributed by atoms with Crippen molar-refractivity contribution in [3.8, 4) is 0 Å². The highest BCUT2D eigenvalue weighted by Gasteiger charge is 2.26. The van der Waals surface area contributed by atoms with Crippen LogP contribution in [0.25, 0.3) is 0 Å². The monoisotopic (exact) mass is 259 g/mol. The molecule has 1 aromatic heterocycles. The Balaban J connectivity index is 1.75. The molecular weight excluding hydrogens is 246 g/mol. The molecule has 1 heterocycles. The minimum atomic E-state index is -0.204. The minimum absolute atomic E-state index is 0.204. The first-order valence-electron chi connectivity index (χ1n) is 5.85. The molecule has 1 amide bonds. The molecule has 0 bridgehead atoms. The summed E-state index contributed by atoms with van der Waals surface area (Å²) in [6.45, 7) is 0. The summed E-state index contributed by atoms with van der Waals surface area (Å²) in [5.74, 6) is 0.401. The molecular formula is C13H13N3OS. The van der Waals surface area contributed by atoms with E-state index in [9.17, 15) is 4.79 Å². The quantitative estimate of drug-likeness (QED) is 0.833. The summed E-state index contributed by atoms with van der Waals surface area (Å²) in [6.07, 6.45) is 2.42. The van der Waals surface area contributed by atoms with E-state index in [0.717, 1.165) is 5.69 Å². The van der Waals surface area contributed by atoms with Gasteiger partial charge in [-0.15, -0.1) is 11.3 Å². The lowest BCUT2D eigenvalue weighted by Crippen LogP contribution is -2.13. The molecule has 18 heavy (non-hydrogen) atoms. The predicted octanol–water partition coefficient (Wildman–Crippen LogP) is 2.86. The molecule has 1 fully saturated rings. The van der Waals surface area contributed by atoms with Crippen molar-refractivity contribution in [3.63, 3.8) is 0 Å². The first-order valence-corrected chi connectivity index (χ1v) is 6.73. The zero-order valence-electron chi connectivity index (χ0n) is 9.72. The van der Waals surface area contributed by atoms with Crippen LogP contribution in [0.5, 0.6) is 0 Å². The van der Waals surface area contributed by atoms with Crippen LogP contribution < -0.4 is 11.1 Å². The molecule has 2 aromatic rings. The van der Waals surface area contributed by atoms with E-state index in [2.05, 4.69) is 10.3 Å². The van der Waals surface area contributed by atoms with Crippen LogP contribution in [0, 0.1) is 0 Å². The van der Waals surface area contributed by atoms with Gasteiger partial charge in [0.25, 0.3) is 5.91 Å². The number of hydrogen-bond donors (Lipinski definition) is 2. The molecule has 1 aromatic carbocycles. The van der Waals surface area contributed by atoms with E-state index in [1.807, 2.05) is 5.38 Å². The summed E-state index contributed by atoms with van der Waals surface area (Å²) in [5.41, 5.74) is 7.82. The number of thiazole rings is 1. The number of aromatic nitrogens is 1. The van der Waals surface area contributed by atoms with Gasteiger partial charge >= 0.3 is 0 Å². The van der Waals surface area contributed by atoms with E-state index in [1.165, 1.54) is 24.2 Å². The fourth-order valence-electron chi connectivity index (χ4n) is 1.78. The van der Waals surface area contributed by atoms with Gasteiger partial charge in [0.05, 0.1) is 11.3 Å². The Labute approximate surface area is 109 Å². The summed E-state index contributed by atoms with van der Waals surface area (Å²) in [4.78, 5) is 16.4. The van der Waals surface area contributed by atoms with Crippen molar-refractivity contribution >= 4 is 28.1 Å². The number of nitrogens with two attached hydrogens (primary N) is 1. The van der Waals surface area contributed by atoms with Crippen LogP contribution in [-0.2, 0) is 0 Å². The Kier molecular flexibility index (Phi) is 2.76. The number of amides is 1. The average molecular weight is 259 g/mol. The summed E-state index contributed by atoms with van der Waals surface area (Å²) in [6, 6.07) is 7.02. The van der Waals surface area contributed by atoms with Gasteiger partial charge in [-0.05, 0) is 25.0 Å². The number of rotatable bonds is 3. The van der Waals surface area contributed by atoms with Crippen LogP contribution in [0.4, 0.5) is 10.8 Å². The first-order chi connectivity index (χ1) is 8.74. The zero-order valence-corrected chi connectivity index (χ0v) is 10.5. The highest BCUT2D eigenvalue weighted by Crippen LogP contribution is 2.40. The molecule has 0 radical (unpaired) electrons. The topological polar surface area (TPSA) is 68.0 Å². The third-order valence-electron chi connectivity index (χ3n) is 2.94. The van der Waals surface area contributed by atoms with E-state index in [4.69, 9.17) is 5.73 Å². The van der Waals surface area contributed by atoms with Crippen molar-refractivity contribution in [2.75, 3.05) is 11.1 Å². The normalized spacial score (nSPS) is 14.4. The van der Waals surface area contributed by atoms with Crippen LogP contribution in [0.3, 0.4) is 0 Å². The third-order valence-corrected chi connectivity index (χ3v) is 3.72. The lowest BCUT2D eigenvalue weighted by Gasteiger charge is -2.04. The minimum Gasteiger partial charge on any atom is -0.398 e. The molecule has 0 saturated heterocycles. The maximum absolute atomic E-state index is 12.0. The summed E-state index contributed by atoms with van der Waals surface area (Å²) in [5, 5.41) is 5.45. The van der Waals surface area contributed by atoms with Crippen LogP contribution in [0.1, 0.15) is 34.8 Å². The second-order valence-electron chi connectivity index (χ2n) is 4.39. The van der Waals surface area contributed by atoms with Gasteiger partial charge in [0.1, 0.15) is 0 Å². The van der Waals surface area contributed by atoms with E-state index in [0.29, 0.717) is 22.3 Å². The number of carbonyl (C=O) groups excluding carboxylic acids is 1. The Bertz CT molecular complexity index is 589. The molecule has 3 rings (SSSR count). The van der Waals surface area contributed by atoms with Crippen molar-refractivity contribution in [1.29, 1.82) is 0 Å². The Morgan fingerprint density at radius 3 is 2.89 bits per heavy atom. The lowest BCUT2D eigenvalue weighted by molar-refractivity contribution is 0.102. The number of hydrogen-bond acceptors (Lipinski definition) is 4. The van der Waals surface area contributed by atoms with Crippen molar-refractivity contribution in [3.05, 3.63) is 40.9 Å². The van der Waals surface area contributed by atoms with Crippen molar-refractivity contribution < 1.29 is 4.79 Å². The summed E-state index contributed by atoms with van der Waals surface area (Å²) >= 11 is 1.46. The van der Waals surface area contributed by atoms with E-state index >= 15 is 0 Å². The standard InChI is InChI=1S/C13H13N3OS/c14-10-4-2-1-3-9(10)12(17)16-13-15-11(7-18-13)8-5-6-8/h1-4,7-8H,5-6,14H2,(H,15,16,17). The molecule has 3 N–H and O–H groups in total. The number of benzene rings is 1. The smallest absolute Gasteiger partial charge is 0.259 e. The fourth-order valence-corrected chi connectivity index (χ4v) is 2.57. The molecule has 0 aliphatic heterocycles. The highest BCUT2D eigenvalue weighted by molar-refractivity contribution is 7.14. The van der Waals surface area contributed by atoms with Crippen molar-refractivity contribution in [2.24, 2.45) is 0 Å².